The van der Waals surface area contributed by atoms with Gasteiger partial charge in [-0.2, -0.15) is 0 Å². The highest BCUT2D eigenvalue weighted by Crippen LogP contribution is 2.37. The molecule has 0 radical (unpaired) electrons. The second-order valence-corrected chi connectivity index (χ2v) is 5.24. The van der Waals surface area contributed by atoms with Crippen molar-refractivity contribution in [2.24, 2.45) is 5.73 Å². The van der Waals surface area contributed by atoms with Gasteiger partial charge in [-0.15, -0.1) is 0 Å². The number of carbonyl (C=O) groups is 2. The largest absolute Gasteiger partial charge is 0.324 e. The number of nitrogens with two attached hydrogens (primary N) is 1. The molecule has 3 atom stereocenters. The summed E-state index contributed by atoms with van der Waals surface area (Å²) in [7, 11) is 1.53. The summed E-state index contributed by atoms with van der Waals surface area (Å²) in [4.78, 5) is 24.6. The van der Waals surface area contributed by atoms with Crippen molar-refractivity contribution in [3.63, 3.8) is 0 Å². The second kappa shape index (κ2) is 4.43. The van der Waals surface area contributed by atoms with Crippen LogP contribution in [0.15, 0.2) is 24.3 Å². The normalized spacial score (nSPS) is 30.0. The van der Waals surface area contributed by atoms with Crippen LogP contribution in [-0.4, -0.2) is 29.8 Å². The zero-order chi connectivity index (χ0) is 13.6. The lowest BCUT2D eigenvalue weighted by Gasteiger charge is -2.18. The lowest BCUT2D eigenvalue weighted by atomic mass is 10.1. The Morgan fingerprint density at radius 3 is 2.53 bits per heavy atom. The van der Waals surface area contributed by atoms with Gasteiger partial charge in [0.05, 0.1) is 12.5 Å². The average molecular weight is 259 g/mol. The molecule has 0 saturated carbocycles. The second-order valence-electron chi connectivity index (χ2n) is 5.24. The van der Waals surface area contributed by atoms with Crippen molar-refractivity contribution in [2.45, 2.75) is 31.0 Å². The molecular weight excluding hydrogens is 242 g/mol. The minimum atomic E-state index is -0.416. The van der Waals surface area contributed by atoms with Crippen LogP contribution in [0.4, 0.5) is 0 Å². The summed E-state index contributed by atoms with van der Waals surface area (Å²) in [6, 6.07) is 7.64. The van der Waals surface area contributed by atoms with Gasteiger partial charge in [0.2, 0.25) is 11.8 Å². The maximum absolute atomic E-state index is 11.9. The number of carbonyl (C=O) groups excluding carboxylic acids is 2. The number of nitrogens with one attached hydrogen (secondary N) is 1. The van der Waals surface area contributed by atoms with Crippen molar-refractivity contribution >= 4 is 11.8 Å². The van der Waals surface area contributed by atoms with E-state index < -0.39 is 6.04 Å². The Labute approximate surface area is 111 Å². The summed E-state index contributed by atoms with van der Waals surface area (Å²) in [6.45, 7) is 0. The smallest absolute Gasteiger partial charge is 0.246 e. The molecule has 0 bridgehead atoms. The van der Waals surface area contributed by atoms with Crippen LogP contribution < -0.4 is 11.1 Å². The van der Waals surface area contributed by atoms with Crippen LogP contribution in [0.2, 0.25) is 0 Å². The third kappa shape index (κ3) is 1.95. The number of likely N-dealkylation sites (tertiary alicyclic amines) is 1. The molecule has 1 heterocycles. The zero-order valence-corrected chi connectivity index (χ0v) is 10.8. The van der Waals surface area contributed by atoms with E-state index in [4.69, 9.17) is 5.73 Å². The lowest BCUT2D eigenvalue weighted by Crippen LogP contribution is -2.38. The zero-order valence-electron chi connectivity index (χ0n) is 10.8. The summed E-state index contributed by atoms with van der Waals surface area (Å²) >= 11 is 0. The summed E-state index contributed by atoms with van der Waals surface area (Å²) in [6.07, 6.45) is 1.00. The Morgan fingerprint density at radius 2 is 1.89 bits per heavy atom. The number of likely N-dealkylation sites (N-methyl/N-ethyl adjacent to an activating group) is 1. The summed E-state index contributed by atoms with van der Waals surface area (Å²) < 4.78 is 0. The van der Waals surface area contributed by atoms with Crippen LogP contribution >= 0.6 is 0 Å². The van der Waals surface area contributed by atoms with Crippen LogP contribution in [0.1, 0.15) is 36.1 Å². The van der Waals surface area contributed by atoms with Gasteiger partial charge in [0.15, 0.2) is 0 Å². The first-order chi connectivity index (χ1) is 9.08. The van der Waals surface area contributed by atoms with Gasteiger partial charge < -0.3 is 5.73 Å². The van der Waals surface area contributed by atoms with E-state index in [1.807, 2.05) is 24.3 Å². The highest BCUT2D eigenvalue weighted by atomic mass is 16.2. The molecule has 1 aromatic rings. The van der Waals surface area contributed by atoms with E-state index in [1.54, 1.807) is 0 Å². The minimum absolute atomic E-state index is 0.00126. The van der Waals surface area contributed by atoms with Crippen molar-refractivity contribution < 1.29 is 9.59 Å². The first-order valence-electron chi connectivity index (χ1n) is 6.49. The van der Waals surface area contributed by atoms with Crippen molar-refractivity contribution in [1.82, 2.24) is 10.2 Å². The number of nitrogens with zero attached hydrogens (tertiary/aromatic N) is 1. The van der Waals surface area contributed by atoms with Crippen molar-refractivity contribution in [3.8, 4) is 0 Å². The van der Waals surface area contributed by atoms with Gasteiger partial charge in [-0.1, -0.05) is 24.3 Å². The Balaban J connectivity index is 1.79. The van der Waals surface area contributed by atoms with E-state index in [2.05, 4.69) is 5.32 Å². The highest BCUT2D eigenvalue weighted by Gasteiger charge is 2.39. The predicted octanol–water partition coefficient (Wildman–Crippen LogP) is 0.478. The van der Waals surface area contributed by atoms with Crippen LogP contribution in [0.25, 0.3) is 0 Å². The first-order valence-corrected chi connectivity index (χ1v) is 6.49. The molecule has 3 rings (SSSR count). The molecule has 2 aliphatic rings. The van der Waals surface area contributed by atoms with Gasteiger partial charge in [0, 0.05) is 19.1 Å². The molecule has 2 amide bonds. The molecule has 3 N–H and O–H groups in total. The maximum Gasteiger partial charge on any atom is 0.246 e. The van der Waals surface area contributed by atoms with Crippen molar-refractivity contribution in [1.29, 1.82) is 0 Å². The predicted molar refractivity (Wildman–Crippen MR) is 70.0 cm³/mol. The molecule has 3 unspecified atom stereocenters. The monoisotopic (exact) mass is 259 g/mol. The summed E-state index contributed by atoms with van der Waals surface area (Å²) in [5, 5.41) is 3.28. The fourth-order valence-corrected chi connectivity index (χ4v) is 2.96. The molecular formula is C14H17N3O2. The van der Waals surface area contributed by atoms with E-state index >= 15 is 0 Å². The molecule has 5 heteroatoms. The number of hydrogen-bond donors (Lipinski definition) is 2. The molecule has 19 heavy (non-hydrogen) atoms. The molecule has 1 aromatic carbocycles. The molecule has 1 aliphatic heterocycles. The molecule has 0 aromatic heterocycles. The molecule has 1 aliphatic carbocycles. The first kappa shape index (κ1) is 12.3. The molecule has 100 valence electrons. The lowest BCUT2D eigenvalue weighted by molar-refractivity contribution is -0.137. The van der Waals surface area contributed by atoms with Crippen molar-refractivity contribution in [3.05, 3.63) is 35.4 Å². The van der Waals surface area contributed by atoms with Gasteiger partial charge in [-0.05, 0) is 17.5 Å². The average Bonchev–Trinajstić information content (AvgIpc) is 2.84. The quantitative estimate of drug-likeness (QED) is 0.757. The number of rotatable bonds is 2. The van der Waals surface area contributed by atoms with E-state index in [1.165, 1.54) is 11.9 Å². The number of imide groups is 1. The van der Waals surface area contributed by atoms with Crippen LogP contribution in [-0.2, 0) is 9.59 Å². The van der Waals surface area contributed by atoms with E-state index in [0.717, 1.165) is 17.5 Å². The fraction of sp³-hybridized carbons (Fsp3) is 0.429. The Hall–Kier alpha value is -1.72. The molecule has 1 saturated heterocycles. The van der Waals surface area contributed by atoms with E-state index in [0.29, 0.717) is 0 Å². The van der Waals surface area contributed by atoms with Gasteiger partial charge in [0.25, 0.3) is 0 Å². The molecule has 0 spiro atoms. The van der Waals surface area contributed by atoms with E-state index in [9.17, 15) is 9.59 Å². The topological polar surface area (TPSA) is 75.4 Å². The Bertz CT molecular complexity index is 543. The van der Waals surface area contributed by atoms with Gasteiger partial charge in [0.1, 0.15) is 0 Å². The number of amides is 2. The number of benzene rings is 1. The van der Waals surface area contributed by atoms with Gasteiger partial charge >= 0.3 is 0 Å². The number of hydrogen-bond acceptors (Lipinski definition) is 4. The fourth-order valence-electron chi connectivity index (χ4n) is 2.96. The maximum atomic E-state index is 11.9. The van der Waals surface area contributed by atoms with Gasteiger partial charge in [-0.3, -0.25) is 19.8 Å². The van der Waals surface area contributed by atoms with Gasteiger partial charge in [-0.25, -0.2) is 0 Å². The Morgan fingerprint density at radius 1 is 1.21 bits per heavy atom. The Kier molecular flexibility index (Phi) is 2.88. The van der Waals surface area contributed by atoms with Crippen molar-refractivity contribution in [2.75, 3.05) is 7.05 Å². The van der Waals surface area contributed by atoms with Crippen LogP contribution in [0, 0.1) is 0 Å². The summed E-state index contributed by atoms with van der Waals surface area (Å²) in [5.74, 6) is -0.277. The third-order valence-corrected chi connectivity index (χ3v) is 4.04. The minimum Gasteiger partial charge on any atom is -0.324 e. The third-order valence-electron chi connectivity index (χ3n) is 4.04. The van der Waals surface area contributed by atoms with Crippen LogP contribution in [0.5, 0.6) is 0 Å². The number of fused-ring (bicyclic) bond motifs is 1. The SMILES string of the molecule is CN1C(=O)CC(NC2CC(N)c3ccccc32)C1=O. The summed E-state index contributed by atoms with van der Waals surface area (Å²) in [5.41, 5.74) is 8.37. The standard InChI is InChI=1S/C14H17N3O2/c1-17-13(18)7-12(14(17)19)16-11-6-10(15)8-4-2-3-5-9(8)11/h2-5,10-12,16H,6-7,15H2,1H3. The highest BCUT2D eigenvalue weighted by molar-refractivity contribution is 6.05. The van der Waals surface area contributed by atoms with E-state index in [-0.39, 0.29) is 30.3 Å². The molecule has 1 fully saturated rings. The van der Waals surface area contributed by atoms with Crippen LogP contribution in [0.3, 0.4) is 0 Å². The molecule has 5 nitrogen and oxygen atoms in total.